The minimum absolute atomic E-state index is 0.580. The molecule has 0 spiro atoms. The van der Waals surface area contributed by atoms with Gasteiger partial charge in [-0.3, -0.25) is 4.79 Å². The van der Waals surface area contributed by atoms with E-state index in [1.807, 2.05) is 6.92 Å². The fourth-order valence-corrected chi connectivity index (χ4v) is 2.63. The molecule has 1 saturated heterocycles. The molecule has 1 atom stereocenters. The van der Waals surface area contributed by atoms with Crippen molar-refractivity contribution < 1.29 is 9.90 Å². The van der Waals surface area contributed by atoms with E-state index >= 15 is 0 Å². The van der Waals surface area contributed by atoms with Crippen LogP contribution < -0.4 is 5.32 Å². The second kappa shape index (κ2) is 6.50. The Labute approximate surface area is 110 Å². The Morgan fingerprint density at radius 3 is 2.39 bits per heavy atom. The van der Waals surface area contributed by atoms with Crippen molar-refractivity contribution in [1.82, 2.24) is 15.1 Å². The third-order valence-corrected chi connectivity index (χ3v) is 3.87. The molecule has 0 aromatic rings. The molecule has 5 nitrogen and oxygen atoms in total. The number of likely N-dealkylation sites (tertiary alicyclic amines) is 1. The van der Waals surface area contributed by atoms with Crippen LogP contribution in [-0.4, -0.2) is 72.7 Å². The fourth-order valence-electron chi connectivity index (χ4n) is 2.63. The van der Waals surface area contributed by atoms with Gasteiger partial charge in [0.05, 0.1) is 0 Å². The molecule has 1 rings (SSSR count). The molecular weight excluding hydrogens is 230 g/mol. The summed E-state index contributed by atoms with van der Waals surface area (Å²) in [7, 11) is 4.22. The van der Waals surface area contributed by atoms with Crippen molar-refractivity contribution in [2.45, 2.75) is 38.3 Å². The summed E-state index contributed by atoms with van der Waals surface area (Å²) < 4.78 is 0. The van der Waals surface area contributed by atoms with E-state index in [1.54, 1.807) is 6.92 Å². The van der Waals surface area contributed by atoms with E-state index in [9.17, 15) is 9.90 Å². The summed E-state index contributed by atoms with van der Waals surface area (Å²) in [5, 5.41) is 12.4. The molecule has 0 aromatic heterocycles. The molecule has 2 N–H and O–H groups in total. The summed E-state index contributed by atoms with van der Waals surface area (Å²) in [6, 6.07) is 0.636. The lowest BCUT2D eigenvalue weighted by atomic mass is 9.98. The van der Waals surface area contributed by atoms with Crippen LogP contribution in [0.3, 0.4) is 0 Å². The Balaban J connectivity index is 2.50. The van der Waals surface area contributed by atoms with Gasteiger partial charge in [-0.05, 0) is 53.5 Å². The van der Waals surface area contributed by atoms with Gasteiger partial charge in [0.1, 0.15) is 5.54 Å². The standard InChI is InChI=1S/C13H27N3O2/c1-5-14-13(2,12(17)18)10-16-8-6-11(7-9-16)15(3)4/h11,14H,5-10H2,1-4H3,(H,17,18). The summed E-state index contributed by atoms with van der Waals surface area (Å²) in [6.07, 6.45) is 2.24. The smallest absolute Gasteiger partial charge is 0.324 e. The van der Waals surface area contributed by atoms with Crippen molar-refractivity contribution >= 4 is 5.97 Å². The Hall–Kier alpha value is -0.650. The maximum atomic E-state index is 11.4. The Bertz CT molecular complexity index is 275. The molecule has 1 aliphatic heterocycles. The molecule has 0 amide bonds. The predicted molar refractivity (Wildman–Crippen MR) is 72.9 cm³/mol. The maximum absolute atomic E-state index is 11.4. The lowest BCUT2D eigenvalue weighted by Crippen LogP contribution is -2.58. The van der Waals surface area contributed by atoms with Crippen LogP contribution in [-0.2, 0) is 4.79 Å². The summed E-state index contributed by atoms with van der Waals surface area (Å²) >= 11 is 0. The highest BCUT2D eigenvalue weighted by Gasteiger charge is 2.35. The van der Waals surface area contributed by atoms with Gasteiger partial charge in [-0.15, -0.1) is 0 Å². The van der Waals surface area contributed by atoms with E-state index in [1.165, 1.54) is 0 Å². The van der Waals surface area contributed by atoms with Crippen LogP contribution in [0.15, 0.2) is 0 Å². The van der Waals surface area contributed by atoms with Gasteiger partial charge in [0.15, 0.2) is 0 Å². The molecule has 106 valence electrons. The zero-order valence-corrected chi connectivity index (χ0v) is 12.1. The molecule has 0 saturated carbocycles. The molecule has 1 unspecified atom stereocenters. The number of hydrogen-bond acceptors (Lipinski definition) is 4. The van der Waals surface area contributed by atoms with Gasteiger partial charge in [0.2, 0.25) is 0 Å². The van der Waals surface area contributed by atoms with Gasteiger partial charge in [0, 0.05) is 12.6 Å². The molecule has 0 aliphatic carbocycles. The number of aliphatic carboxylic acids is 1. The number of nitrogens with zero attached hydrogens (tertiary/aromatic N) is 2. The molecule has 0 aromatic carbocycles. The van der Waals surface area contributed by atoms with E-state index < -0.39 is 11.5 Å². The number of carboxylic acids is 1. The van der Waals surface area contributed by atoms with Crippen molar-refractivity contribution in [3.8, 4) is 0 Å². The Kier molecular flexibility index (Phi) is 5.56. The van der Waals surface area contributed by atoms with Crippen molar-refractivity contribution in [2.24, 2.45) is 0 Å². The van der Waals surface area contributed by atoms with Crippen LogP contribution >= 0.6 is 0 Å². The van der Waals surface area contributed by atoms with Gasteiger partial charge in [-0.25, -0.2) is 0 Å². The first-order valence-corrected chi connectivity index (χ1v) is 6.76. The van der Waals surface area contributed by atoms with E-state index in [-0.39, 0.29) is 0 Å². The summed E-state index contributed by atoms with van der Waals surface area (Å²) in [5.41, 5.74) is -0.834. The first-order chi connectivity index (χ1) is 8.39. The van der Waals surface area contributed by atoms with E-state index in [2.05, 4.69) is 29.2 Å². The highest BCUT2D eigenvalue weighted by molar-refractivity contribution is 5.78. The number of nitrogens with one attached hydrogen (secondary N) is 1. The third-order valence-electron chi connectivity index (χ3n) is 3.87. The van der Waals surface area contributed by atoms with Gasteiger partial charge in [-0.2, -0.15) is 0 Å². The molecule has 0 bridgehead atoms. The lowest BCUT2D eigenvalue weighted by molar-refractivity contribution is -0.145. The van der Waals surface area contributed by atoms with Crippen molar-refractivity contribution in [3.05, 3.63) is 0 Å². The molecule has 0 radical (unpaired) electrons. The molecule has 18 heavy (non-hydrogen) atoms. The minimum Gasteiger partial charge on any atom is -0.480 e. The van der Waals surface area contributed by atoms with Crippen molar-refractivity contribution in [2.75, 3.05) is 40.3 Å². The third kappa shape index (κ3) is 3.93. The topological polar surface area (TPSA) is 55.8 Å². The number of hydrogen-bond donors (Lipinski definition) is 2. The lowest BCUT2D eigenvalue weighted by Gasteiger charge is -2.39. The van der Waals surface area contributed by atoms with Crippen LogP contribution in [0.25, 0.3) is 0 Å². The quantitative estimate of drug-likeness (QED) is 0.724. The minimum atomic E-state index is -0.834. The molecule has 1 aliphatic rings. The van der Waals surface area contributed by atoms with Gasteiger partial charge in [-0.1, -0.05) is 6.92 Å². The van der Waals surface area contributed by atoms with E-state index in [4.69, 9.17) is 0 Å². The Morgan fingerprint density at radius 2 is 2.00 bits per heavy atom. The second-order valence-electron chi connectivity index (χ2n) is 5.64. The number of rotatable bonds is 6. The van der Waals surface area contributed by atoms with Crippen LogP contribution in [0, 0.1) is 0 Å². The number of likely N-dealkylation sites (N-methyl/N-ethyl adjacent to an activating group) is 1. The second-order valence-corrected chi connectivity index (χ2v) is 5.64. The van der Waals surface area contributed by atoms with Crippen LogP contribution in [0.5, 0.6) is 0 Å². The molecule has 1 heterocycles. The monoisotopic (exact) mass is 257 g/mol. The van der Waals surface area contributed by atoms with E-state index in [0.29, 0.717) is 19.1 Å². The number of piperidine rings is 1. The molecule has 5 heteroatoms. The van der Waals surface area contributed by atoms with Crippen LogP contribution in [0.1, 0.15) is 26.7 Å². The van der Waals surface area contributed by atoms with Gasteiger partial charge in [0.25, 0.3) is 0 Å². The fraction of sp³-hybridized carbons (Fsp3) is 0.923. The first kappa shape index (κ1) is 15.4. The first-order valence-electron chi connectivity index (χ1n) is 6.76. The molecular formula is C13H27N3O2. The zero-order valence-electron chi connectivity index (χ0n) is 12.1. The average molecular weight is 257 g/mol. The summed E-state index contributed by atoms with van der Waals surface area (Å²) in [4.78, 5) is 15.9. The van der Waals surface area contributed by atoms with Crippen molar-refractivity contribution in [1.29, 1.82) is 0 Å². The zero-order chi connectivity index (χ0) is 13.8. The SMILES string of the molecule is CCNC(C)(CN1CCC(N(C)C)CC1)C(=O)O. The highest BCUT2D eigenvalue weighted by atomic mass is 16.4. The predicted octanol–water partition coefficient (Wildman–Crippen LogP) is 0.465. The van der Waals surface area contributed by atoms with Crippen molar-refractivity contribution in [3.63, 3.8) is 0 Å². The normalized spacial score (nSPS) is 22.1. The van der Waals surface area contributed by atoms with Gasteiger partial charge < -0.3 is 20.2 Å². The highest BCUT2D eigenvalue weighted by Crippen LogP contribution is 2.17. The summed E-state index contributed by atoms with van der Waals surface area (Å²) in [5.74, 6) is -0.765. The molecule has 1 fully saturated rings. The Morgan fingerprint density at radius 1 is 1.44 bits per heavy atom. The van der Waals surface area contributed by atoms with Crippen LogP contribution in [0.4, 0.5) is 0 Å². The van der Waals surface area contributed by atoms with E-state index in [0.717, 1.165) is 25.9 Å². The number of carbonyl (C=O) groups is 1. The number of carboxylic acid groups (broad SMARTS) is 1. The largest absolute Gasteiger partial charge is 0.480 e. The maximum Gasteiger partial charge on any atom is 0.324 e. The summed E-state index contributed by atoms with van der Waals surface area (Å²) in [6.45, 7) is 6.94. The van der Waals surface area contributed by atoms with Crippen LogP contribution in [0.2, 0.25) is 0 Å². The van der Waals surface area contributed by atoms with Gasteiger partial charge >= 0.3 is 5.97 Å². The average Bonchev–Trinajstić information content (AvgIpc) is 2.29.